The zero-order chi connectivity index (χ0) is 20.5. The van der Waals surface area contributed by atoms with Crippen molar-refractivity contribution in [1.29, 1.82) is 0 Å². The highest BCUT2D eigenvalue weighted by Gasteiger charge is 2.36. The minimum Gasteiger partial charge on any atom is -0.443 e. The van der Waals surface area contributed by atoms with Gasteiger partial charge in [-0.2, -0.15) is 0 Å². The molecule has 2 heterocycles. The molecule has 1 unspecified atom stereocenters. The summed E-state index contributed by atoms with van der Waals surface area (Å²) in [5.41, 5.74) is -0.327. The standard InChI is InChI=1S/C18H19FIN3O5/c1-18(2,3)28-17(25)23(15-6-7-26-21-15)10-12-9-22(16(24)27-12)11-4-5-14(20)13(19)8-11/h4-8,12H,9-10H2,1-3H3. The maximum absolute atomic E-state index is 13.8. The van der Waals surface area contributed by atoms with Gasteiger partial charge in [0.2, 0.25) is 0 Å². The van der Waals surface area contributed by atoms with E-state index in [9.17, 15) is 14.0 Å². The SMILES string of the molecule is CC(C)(C)OC(=O)N(CC1CN(c2ccc(I)c(F)c2)C(=O)O1)c1ccon1. The third kappa shape index (κ3) is 4.72. The zero-order valence-electron chi connectivity index (χ0n) is 15.5. The molecule has 3 rings (SSSR count). The number of rotatable bonds is 4. The van der Waals surface area contributed by atoms with E-state index < -0.39 is 29.7 Å². The fraction of sp³-hybridized carbons (Fsp3) is 0.389. The van der Waals surface area contributed by atoms with Gasteiger partial charge >= 0.3 is 12.2 Å². The van der Waals surface area contributed by atoms with Crippen molar-refractivity contribution in [1.82, 2.24) is 5.16 Å². The van der Waals surface area contributed by atoms with Gasteiger partial charge in [0.25, 0.3) is 0 Å². The largest absolute Gasteiger partial charge is 0.443 e. The van der Waals surface area contributed by atoms with E-state index in [-0.39, 0.29) is 18.9 Å². The highest BCUT2D eigenvalue weighted by Crippen LogP contribution is 2.26. The molecule has 0 N–H and O–H groups in total. The van der Waals surface area contributed by atoms with E-state index in [1.807, 2.05) is 22.6 Å². The van der Waals surface area contributed by atoms with Crippen LogP contribution in [0.4, 0.5) is 25.5 Å². The molecule has 0 saturated carbocycles. The van der Waals surface area contributed by atoms with Crippen LogP contribution in [-0.4, -0.2) is 42.1 Å². The van der Waals surface area contributed by atoms with Crippen molar-refractivity contribution in [3.05, 3.63) is 39.9 Å². The molecule has 8 nitrogen and oxygen atoms in total. The molecular weight excluding hydrogens is 484 g/mol. The third-order valence-electron chi connectivity index (χ3n) is 3.79. The molecule has 0 spiro atoms. The number of carbonyl (C=O) groups excluding carboxylic acids is 2. The molecule has 10 heteroatoms. The number of benzene rings is 1. The Morgan fingerprint density at radius 1 is 1.43 bits per heavy atom. The summed E-state index contributed by atoms with van der Waals surface area (Å²) in [4.78, 5) is 27.4. The molecule has 1 atom stereocenters. The first-order valence-corrected chi connectivity index (χ1v) is 9.56. The number of anilines is 2. The van der Waals surface area contributed by atoms with E-state index in [0.29, 0.717) is 9.26 Å². The second-order valence-electron chi connectivity index (χ2n) is 7.16. The van der Waals surface area contributed by atoms with E-state index in [1.54, 1.807) is 32.9 Å². The molecule has 1 aromatic carbocycles. The van der Waals surface area contributed by atoms with E-state index in [4.69, 9.17) is 14.0 Å². The second-order valence-corrected chi connectivity index (χ2v) is 8.33. The molecule has 0 bridgehead atoms. The van der Waals surface area contributed by atoms with Crippen LogP contribution in [0.3, 0.4) is 0 Å². The van der Waals surface area contributed by atoms with Gasteiger partial charge in [0.1, 0.15) is 23.8 Å². The molecule has 1 aliphatic heterocycles. The lowest BCUT2D eigenvalue weighted by Gasteiger charge is -2.26. The second kappa shape index (κ2) is 7.94. The van der Waals surface area contributed by atoms with Crippen LogP contribution in [0, 0.1) is 9.39 Å². The van der Waals surface area contributed by atoms with Crippen molar-refractivity contribution in [3.8, 4) is 0 Å². The van der Waals surface area contributed by atoms with Gasteiger partial charge in [-0.1, -0.05) is 5.16 Å². The molecule has 0 radical (unpaired) electrons. The fourth-order valence-electron chi connectivity index (χ4n) is 2.61. The summed E-state index contributed by atoms with van der Waals surface area (Å²) >= 11 is 1.87. The number of aromatic nitrogens is 1. The minimum absolute atomic E-state index is 0.0105. The molecule has 150 valence electrons. The van der Waals surface area contributed by atoms with Crippen LogP contribution < -0.4 is 9.80 Å². The average molecular weight is 503 g/mol. The Labute approximate surface area is 174 Å². The van der Waals surface area contributed by atoms with Crippen LogP contribution in [0.15, 0.2) is 35.1 Å². The van der Waals surface area contributed by atoms with Crippen LogP contribution in [0.1, 0.15) is 20.8 Å². The van der Waals surface area contributed by atoms with Gasteiger partial charge < -0.3 is 14.0 Å². The monoisotopic (exact) mass is 503 g/mol. The van der Waals surface area contributed by atoms with Gasteiger partial charge in [-0.05, 0) is 61.6 Å². The summed E-state index contributed by atoms with van der Waals surface area (Å²) in [5, 5.41) is 3.77. The summed E-state index contributed by atoms with van der Waals surface area (Å²) in [6.07, 6.45) is -0.584. The first kappa shape index (κ1) is 20.4. The Morgan fingerprint density at radius 2 is 2.18 bits per heavy atom. The maximum Gasteiger partial charge on any atom is 0.416 e. The predicted octanol–water partition coefficient (Wildman–Crippen LogP) is 4.19. The molecule has 28 heavy (non-hydrogen) atoms. The van der Waals surface area contributed by atoms with Gasteiger partial charge in [-0.15, -0.1) is 0 Å². The highest BCUT2D eigenvalue weighted by atomic mass is 127. The number of amides is 2. The molecular formula is C18H19FIN3O5. The lowest BCUT2D eigenvalue weighted by atomic mass is 10.2. The van der Waals surface area contributed by atoms with Crippen molar-refractivity contribution in [2.24, 2.45) is 0 Å². The summed E-state index contributed by atoms with van der Waals surface area (Å²) in [6, 6.07) is 5.99. The first-order valence-electron chi connectivity index (χ1n) is 8.48. The van der Waals surface area contributed by atoms with Crippen molar-refractivity contribution in [2.45, 2.75) is 32.5 Å². The van der Waals surface area contributed by atoms with Crippen molar-refractivity contribution in [2.75, 3.05) is 22.9 Å². The van der Waals surface area contributed by atoms with Crippen molar-refractivity contribution in [3.63, 3.8) is 0 Å². The van der Waals surface area contributed by atoms with E-state index in [2.05, 4.69) is 5.16 Å². The lowest BCUT2D eigenvalue weighted by Crippen LogP contribution is -2.42. The fourth-order valence-corrected chi connectivity index (χ4v) is 2.94. The quantitative estimate of drug-likeness (QED) is 0.583. The van der Waals surface area contributed by atoms with Crippen LogP contribution in [0.25, 0.3) is 0 Å². The maximum atomic E-state index is 13.8. The Morgan fingerprint density at radius 3 is 2.79 bits per heavy atom. The molecule has 1 aromatic heterocycles. The Hall–Kier alpha value is -2.37. The van der Waals surface area contributed by atoms with E-state index >= 15 is 0 Å². The lowest BCUT2D eigenvalue weighted by molar-refractivity contribution is 0.0556. The number of nitrogens with zero attached hydrogens (tertiary/aromatic N) is 3. The summed E-state index contributed by atoms with van der Waals surface area (Å²) < 4.78 is 29.9. The van der Waals surface area contributed by atoms with Crippen molar-refractivity contribution >= 4 is 46.3 Å². The van der Waals surface area contributed by atoms with Crippen LogP contribution in [0.5, 0.6) is 0 Å². The Kier molecular flexibility index (Phi) is 5.77. The van der Waals surface area contributed by atoms with E-state index in [1.165, 1.54) is 28.2 Å². The number of halogens is 2. The topological polar surface area (TPSA) is 85.1 Å². The molecule has 1 saturated heterocycles. The minimum atomic E-state index is -0.712. The Balaban J connectivity index is 1.75. The normalized spacial score (nSPS) is 16.8. The molecule has 1 fully saturated rings. The number of hydrogen-bond acceptors (Lipinski definition) is 6. The van der Waals surface area contributed by atoms with Gasteiger partial charge in [0.15, 0.2) is 5.82 Å². The predicted molar refractivity (Wildman–Crippen MR) is 107 cm³/mol. The van der Waals surface area contributed by atoms with Gasteiger partial charge in [-0.3, -0.25) is 9.80 Å². The first-order chi connectivity index (χ1) is 13.1. The average Bonchev–Trinajstić information content (AvgIpc) is 3.23. The smallest absolute Gasteiger partial charge is 0.416 e. The van der Waals surface area contributed by atoms with Crippen LogP contribution in [-0.2, 0) is 9.47 Å². The third-order valence-corrected chi connectivity index (χ3v) is 4.66. The number of cyclic esters (lactones) is 1. The molecule has 2 amide bonds. The van der Waals surface area contributed by atoms with Gasteiger partial charge in [0.05, 0.1) is 18.8 Å². The Bertz CT molecular complexity index is 869. The number of hydrogen-bond donors (Lipinski definition) is 0. The van der Waals surface area contributed by atoms with Gasteiger partial charge in [-0.25, -0.2) is 14.0 Å². The van der Waals surface area contributed by atoms with E-state index in [0.717, 1.165) is 0 Å². The molecule has 0 aliphatic carbocycles. The summed E-state index contributed by atoms with van der Waals surface area (Å²) in [7, 11) is 0. The summed E-state index contributed by atoms with van der Waals surface area (Å²) in [5.74, 6) is -0.184. The van der Waals surface area contributed by atoms with Crippen molar-refractivity contribution < 1.29 is 28.0 Å². The summed E-state index contributed by atoms with van der Waals surface area (Å²) in [6.45, 7) is 5.39. The highest BCUT2D eigenvalue weighted by molar-refractivity contribution is 14.1. The zero-order valence-corrected chi connectivity index (χ0v) is 17.7. The van der Waals surface area contributed by atoms with Gasteiger partial charge in [0, 0.05) is 9.64 Å². The van der Waals surface area contributed by atoms with Crippen LogP contribution >= 0.6 is 22.6 Å². The molecule has 2 aromatic rings. The number of carbonyl (C=O) groups is 2. The van der Waals surface area contributed by atoms with Crippen LogP contribution in [0.2, 0.25) is 0 Å². The number of ether oxygens (including phenoxy) is 2. The molecule has 1 aliphatic rings.